The van der Waals surface area contributed by atoms with Gasteiger partial charge in [0.1, 0.15) is 5.82 Å². The van der Waals surface area contributed by atoms with Crippen molar-refractivity contribution < 1.29 is 14.3 Å². The molecule has 0 bridgehead atoms. The topological polar surface area (TPSA) is 40.5 Å². The zero-order chi connectivity index (χ0) is 14.3. The van der Waals surface area contributed by atoms with Gasteiger partial charge in [-0.1, -0.05) is 19.4 Å². The SMILES string of the molecule is CCCCN(C)Cc1ccc(F)cc1/C=C/C(=O)O. The lowest BCUT2D eigenvalue weighted by Gasteiger charge is -2.17. The van der Waals surface area contributed by atoms with Crippen LogP contribution in [-0.2, 0) is 11.3 Å². The lowest BCUT2D eigenvalue weighted by Crippen LogP contribution is -2.19. The number of carboxylic acids is 1. The first-order chi connectivity index (χ1) is 9.02. The first kappa shape index (κ1) is 15.4. The number of rotatable bonds is 7. The molecule has 0 heterocycles. The summed E-state index contributed by atoms with van der Waals surface area (Å²) in [4.78, 5) is 12.7. The highest BCUT2D eigenvalue weighted by atomic mass is 19.1. The molecular weight excluding hydrogens is 245 g/mol. The van der Waals surface area contributed by atoms with E-state index < -0.39 is 5.97 Å². The highest BCUT2D eigenvalue weighted by molar-refractivity contribution is 5.85. The van der Waals surface area contributed by atoms with E-state index in [1.165, 1.54) is 18.2 Å². The lowest BCUT2D eigenvalue weighted by molar-refractivity contribution is -0.131. The molecular formula is C15H20FNO2. The van der Waals surface area contributed by atoms with Crippen molar-refractivity contribution in [3.05, 3.63) is 41.2 Å². The van der Waals surface area contributed by atoms with E-state index in [-0.39, 0.29) is 5.82 Å². The molecule has 0 radical (unpaired) electrons. The second-order valence-corrected chi connectivity index (χ2v) is 4.61. The van der Waals surface area contributed by atoms with Crippen molar-refractivity contribution in [3.63, 3.8) is 0 Å². The van der Waals surface area contributed by atoms with Crippen LogP contribution in [0.4, 0.5) is 4.39 Å². The molecule has 0 aliphatic rings. The van der Waals surface area contributed by atoms with Crippen LogP contribution in [0.3, 0.4) is 0 Å². The van der Waals surface area contributed by atoms with Gasteiger partial charge in [0.2, 0.25) is 0 Å². The number of benzene rings is 1. The van der Waals surface area contributed by atoms with Gasteiger partial charge in [0.05, 0.1) is 0 Å². The van der Waals surface area contributed by atoms with Gasteiger partial charge >= 0.3 is 5.97 Å². The highest BCUT2D eigenvalue weighted by Crippen LogP contribution is 2.15. The molecule has 0 amide bonds. The summed E-state index contributed by atoms with van der Waals surface area (Å²) in [5.74, 6) is -1.39. The van der Waals surface area contributed by atoms with Crippen LogP contribution in [0.1, 0.15) is 30.9 Å². The van der Waals surface area contributed by atoms with Crippen LogP contribution in [0, 0.1) is 5.82 Å². The van der Waals surface area contributed by atoms with Gasteiger partial charge in [-0.25, -0.2) is 9.18 Å². The summed E-state index contributed by atoms with van der Waals surface area (Å²) < 4.78 is 13.2. The molecule has 0 saturated carbocycles. The normalized spacial score (nSPS) is 11.4. The number of hydrogen-bond donors (Lipinski definition) is 1. The van der Waals surface area contributed by atoms with Gasteiger partial charge in [0.25, 0.3) is 0 Å². The molecule has 0 fully saturated rings. The zero-order valence-electron chi connectivity index (χ0n) is 11.4. The maximum absolute atomic E-state index is 13.2. The van der Waals surface area contributed by atoms with Crippen LogP contribution in [0.25, 0.3) is 6.08 Å². The van der Waals surface area contributed by atoms with Gasteiger partial charge in [-0.15, -0.1) is 0 Å². The summed E-state index contributed by atoms with van der Waals surface area (Å²) in [7, 11) is 2.00. The number of aliphatic carboxylic acids is 1. The third kappa shape index (κ3) is 5.66. The third-order valence-electron chi connectivity index (χ3n) is 2.85. The van der Waals surface area contributed by atoms with Crippen LogP contribution >= 0.6 is 0 Å². The minimum atomic E-state index is -1.03. The van der Waals surface area contributed by atoms with Crippen molar-refractivity contribution >= 4 is 12.0 Å². The fraction of sp³-hybridized carbons (Fsp3) is 0.400. The van der Waals surface area contributed by atoms with Crippen LogP contribution in [0.15, 0.2) is 24.3 Å². The van der Waals surface area contributed by atoms with Crippen molar-refractivity contribution in [2.45, 2.75) is 26.3 Å². The molecule has 0 spiro atoms. The number of hydrogen-bond acceptors (Lipinski definition) is 2. The summed E-state index contributed by atoms with van der Waals surface area (Å²) in [6.07, 6.45) is 4.70. The molecule has 1 aromatic carbocycles. The lowest BCUT2D eigenvalue weighted by atomic mass is 10.1. The van der Waals surface area contributed by atoms with Crippen molar-refractivity contribution in [2.75, 3.05) is 13.6 Å². The van der Waals surface area contributed by atoms with Gasteiger partial charge in [-0.2, -0.15) is 0 Å². The van der Waals surface area contributed by atoms with E-state index in [1.54, 1.807) is 6.07 Å². The molecule has 3 nitrogen and oxygen atoms in total. The van der Waals surface area contributed by atoms with E-state index in [0.29, 0.717) is 12.1 Å². The van der Waals surface area contributed by atoms with Crippen molar-refractivity contribution in [3.8, 4) is 0 Å². The van der Waals surface area contributed by atoms with Crippen molar-refractivity contribution in [2.24, 2.45) is 0 Å². The molecule has 1 rings (SSSR count). The summed E-state index contributed by atoms with van der Waals surface area (Å²) in [5, 5.41) is 8.64. The Bertz CT molecular complexity index is 457. The van der Waals surface area contributed by atoms with Crippen LogP contribution in [0.5, 0.6) is 0 Å². The largest absolute Gasteiger partial charge is 0.478 e. The fourth-order valence-electron chi connectivity index (χ4n) is 1.82. The summed E-state index contributed by atoms with van der Waals surface area (Å²) in [6.45, 7) is 3.78. The van der Waals surface area contributed by atoms with Gasteiger partial charge < -0.3 is 10.0 Å². The molecule has 0 atom stereocenters. The van der Waals surface area contributed by atoms with E-state index in [1.807, 2.05) is 7.05 Å². The molecule has 19 heavy (non-hydrogen) atoms. The van der Waals surface area contributed by atoms with Gasteiger partial charge in [-0.05, 0) is 49.3 Å². The van der Waals surface area contributed by atoms with Gasteiger partial charge in [0.15, 0.2) is 0 Å². The second-order valence-electron chi connectivity index (χ2n) is 4.61. The number of carbonyl (C=O) groups is 1. The standard InChI is InChI=1S/C15H20FNO2/c1-3-4-9-17(2)11-13-5-7-14(16)10-12(13)6-8-15(18)19/h5-8,10H,3-4,9,11H2,1-2H3,(H,18,19)/b8-6+. The second kappa shape index (κ2) is 7.69. The smallest absolute Gasteiger partial charge is 0.328 e. The highest BCUT2D eigenvalue weighted by Gasteiger charge is 2.05. The van der Waals surface area contributed by atoms with Crippen LogP contribution in [0.2, 0.25) is 0 Å². The van der Waals surface area contributed by atoms with E-state index in [2.05, 4.69) is 11.8 Å². The summed E-state index contributed by atoms with van der Waals surface area (Å²) in [6, 6.07) is 4.48. The maximum atomic E-state index is 13.2. The molecule has 0 aliphatic carbocycles. The Morgan fingerprint density at radius 2 is 2.21 bits per heavy atom. The predicted molar refractivity (Wildman–Crippen MR) is 74.3 cm³/mol. The zero-order valence-corrected chi connectivity index (χ0v) is 11.4. The number of carboxylic acid groups (broad SMARTS) is 1. The average molecular weight is 265 g/mol. The van der Waals surface area contributed by atoms with Crippen molar-refractivity contribution in [1.82, 2.24) is 4.90 Å². The Labute approximate surface area is 113 Å². The molecule has 104 valence electrons. The maximum Gasteiger partial charge on any atom is 0.328 e. The summed E-state index contributed by atoms with van der Waals surface area (Å²) in [5.41, 5.74) is 1.54. The first-order valence-corrected chi connectivity index (χ1v) is 6.41. The van der Waals surface area contributed by atoms with Crippen LogP contribution < -0.4 is 0 Å². The molecule has 0 aliphatic heterocycles. The summed E-state index contributed by atoms with van der Waals surface area (Å²) >= 11 is 0. The Kier molecular flexibility index (Phi) is 6.22. The molecule has 0 saturated heterocycles. The number of nitrogens with zero attached hydrogens (tertiary/aromatic N) is 1. The fourth-order valence-corrected chi connectivity index (χ4v) is 1.82. The van der Waals surface area contributed by atoms with E-state index in [9.17, 15) is 9.18 Å². The van der Waals surface area contributed by atoms with Gasteiger partial charge in [-0.3, -0.25) is 0 Å². The Morgan fingerprint density at radius 3 is 2.84 bits per heavy atom. The first-order valence-electron chi connectivity index (χ1n) is 6.41. The number of unbranched alkanes of at least 4 members (excludes halogenated alkanes) is 1. The predicted octanol–water partition coefficient (Wildman–Crippen LogP) is 3.16. The van der Waals surface area contributed by atoms with E-state index in [0.717, 1.165) is 31.0 Å². The van der Waals surface area contributed by atoms with E-state index >= 15 is 0 Å². The molecule has 0 unspecified atom stereocenters. The van der Waals surface area contributed by atoms with E-state index in [4.69, 9.17) is 5.11 Å². The molecule has 1 aromatic rings. The minimum absolute atomic E-state index is 0.356. The van der Waals surface area contributed by atoms with Gasteiger partial charge in [0, 0.05) is 12.6 Å². The number of halogens is 1. The Hall–Kier alpha value is -1.68. The molecule has 1 N–H and O–H groups in total. The Balaban J connectivity index is 2.84. The minimum Gasteiger partial charge on any atom is -0.478 e. The van der Waals surface area contributed by atoms with Crippen LogP contribution in [-0.4, -0.2) is 29.6 Å². The third-order valence-corrected chi connectivity index (χ3v) is 2.85. The molecule has 4 heteroatoms. The van der Waals surface area contributed by atoms with Crippen molar-refractivity contribution in [1.29, 1.82) is 0 Å². The monoisotopic (exact) mass is 265 g/mol. The Morgan fingerprint density at radius 1 is 1.47 bits per heavy atom. The molecule has 0 aromatic heterocycles. The average Bonchev–Trinajstić information content (AvgIpc) is 2.36. The quantitative estimate of drug-likeness (QED) is 0.770.